The average molecular weight is 534 g/mol. The Morgan fingerprint density at radius 1 is 1.00 bits per heavy atom. The predicted molar refractivity (Wildman–Crippen MR) is 130 cm³/mol. The summed E-state index contributed by atoms with van der Waals surface area (Å²) in [5, 5.41) is 34.8. The van der Waals surface area contributed by atoms with Gasteiger partial charge in [0.05, 0.1) is 31.6 Å². The molecule has 10 nitrogen and oxygen atoms in total. The zero-order valence-corrected chi connectivity index (χ0v) is 19.5. The van der Waals surface area contributed by atoms with Gasteiger partial charge in [-0.3, -0.25) is 25.0 Å². The summed E-state index contributed by atoms with van der Waals surface area (Å²) in [6.45, 7) is 0. The topological polar surface area (TPSA) is 148 Å². The number of nitrogens with zero attached hydrogens (tertiary/aromatic N) is 3. The van der Waals surface area contributed by atoms with Crippen molar-refractivity contribution in [2.45, 2.75) is 0 Å². The van der Waals surface area contributed by atoms with Gasteiger partial charge in [-0.15, -0.1) is 0 Å². The van der Waals surface area contributed by atoms with Crippen molar-refractivity contribution >= 4 is 63.8 Å². The van der Waals surface area contributed by atoms with Crippen LogP contribution in [0, 0.1) is 31.6 Å². The SMILES string of the molecule is N#C/C(=C\c1cc(Cl)cc(Cl)c1Oc1ccc([N+](=O)[O-])cc1[N+](=O)[O-])C(=O)Nc1ccccc1Cl. The first kappa shape index (κ1) is 25.5. The molecule has 0 saturated carbocycles. The lowest BCUT2D eigenvalue weighted by Crippen LogP contribution is -2.13. The number of hydrogen-bond donors (Lipinski definition) is 1. The van der Waals surface area contributed by atoms with Crippen LogP contribution in [0.5, 0.6) is 11.5 Å². The van der Waals surface area contributed by atoms with Gasteiger partial charge < -0.3 is 10.1 Å². The summed E-state index contributed by atoms with van der Waals surface area (Å²) in [6, 6.07) is 13.5. The van der Waals surface area contributed by atoms with Crippen LogP contribution >= 0.6 is 34.8 Å². The highest BCUT2D eigenvalue weighted by Gasteiger charge is 2.23. The van der Waals surface area contributed by atoms with E-state index >= 15 is 0 Å². The van der Waals surface area contributed by atoms with Crippen LogP contribution in [0.25, 0.3) is 6.08 Å². The molecule has 0 aliphatic rings. The van der Waals surface area contributed by atoms with Crippen molar-refractivity contribution in [3.8, 4) is 17.6 Å². The lowest BCUT2D eigenvalue weighted by molar-refractivity contribution is -0.394. The van der Waals surface area contributed by atoms with Crippen LogP contribution in [0.15, 0.2) is 60.2 Å². The van der Waals surface area contributed by atoms with Gasteiger partial charge in [-0.25, -0.2) is 0 Å². The van der Waals surface area contributed by atoms with Crippen LogP contribution < -0.4 is 10.1 Å². The highest BCUT2D eigenvalue weighted by atomic mass is 35.5. The number of carbonyl (C=O) groups is 1. The zero-order chi connectivity index (χ0) is 25.7. The number of anilines is 1. The predicted octanol–water partition coefficient (Wildman–Crippen LogP) is 6.80. The maximum atomic E-state index is 12.7. The summed E-state index contributed by atoms with van der Waals surface area (Å²) < 4.78 is 5.62. The number of nitrogens with one attached hydrogen (secondary N) is 1. The summed E-state index contributed by atoms with van der Waals surface area (Å²) in [4.78, 5) is 33.4. The van der Waals surface area contributed by atoms with Gasteiger partial charge in [0, 0.05) is 16.7 Å². The lowest BCUT2D eigenvalue weighted by Gasteiger charge is -2.12. The molecule has 3 aromatic carbocycles. The Labute approximate surface area is 212 Å². The first-order valence-corrected chi connectivity index (χ1v) is 10.5. The van der Waals surface area contributed by atoms with E-state index < -0.39 is 27.1 Å². The van der Waals surface area contributed by atoms with Gasteiger partial charge in [-0.05, 0) is 36.4 Å². The molecule has 0 fully saturated rings. The Morgan fingerprint density at radius 3 is 2.34 bits per heavy atom. The fourth-order valence-electron chi connectivity index (χ4n) is 2.81. The largest absolute Gasteiger partial charge is 0.448 e. The van der Waals surface area contributed by atoms with E-state index in [-0.39, 0.29) is 43.4 Å². The number of hydrogen-bond acceptors (Lipinski definition) is 7. The van der Waals surface area contributed by atoms with Gasteiger partial charge in [-0.2, -0.15) is 5.26 Å². The van der Waals surface area contributed by atoms with Crippen molar-refractivity contribution < 1.29 is 19.4 Å². The summed E-state index contributed by atoms with van der Waals surface area (Å²) >= 11 is 18.3. The maximum absolute atomic E-state index is 12.7. The van der Waals surface area contributed by atoms with E-state index in [0.717, 1.165) is 24.3 Å². The van der Waals surface area contributed by atoms with Gasteiger partial charge in [0.2, 0.25) is 5.75 Å². The van der Waals surface area contributed by atoms with Crippen molar-refractivity contribution in [1.82, 2.24) is 0 Å². The molecule has 0 aromatic heterocycles. The van der Waals surface area contributed by atoms with Crippen LogP contribution in [0.3, 0.4) is 0 Å². The molecule has 0 aliphatic heterocycles. The van der Waals surface area contributed by atoms with E-state index in [1.807, 2.05) is 0 Å². The average Bonchev–Trinajstić information content (AvgIpc) is 2.80. The second-order valence-electron chi connectivity index (χ2n) is 6.68. The quantitative estimate of drug-likeness (QED) is 0.152. The van der Waals surface area contributed by atoms with Gasteiger partial charge in [0.15, 0.2) is 5.75 Å². The van der Waals surface area contributed by atoms with Crippen LogP contribution in [0.4, 0.5) is 17.1 Å². The highest BCUT2D eigenvalue weighted by Crippen LogP contribution is 2.41. The van der Waals surface area contributed by atoms with Gasteiger partial charge in [0.25, 0.3) is 11.6 Å². The molecular formula is C22H11Cl3N4O6. The second kappa shape index (κ2) is 10.8. The molecule has 0 heterocycles. The van der Waals surface area contributed by atoms with E-state index in [4.69, 9.17) is 39.5 Å². The molecule has 0 aliphatic carbocycles. The third-order valence-electron chi connectivity index (χ3n) is 4.39. The molecule has 0 radical (unpaired) electrons. The fourth-order valence-corrected chi connectivity index (χ4v) is 3.54. The molecule has 1 N–H and O–H groups in total. The van der Waals surface area contributed by atoms with Crippen molar-refractivity contribution in [1.29, 1.82) is 5.26 Å². The molecule has 3 aromatic rings. The molecule has 0 saturated heterocycles. The Balaban J connectivity index is 2.05. The molecule has 176 valence electrons. The second-order valence-corrected chi connectivity index (χ2v) is 7.93. The van der Waals surface area contributed by atoms with E-state index in [2.05, 4.69) is 5.32 Å². The van der Waals surface area contributed by atoms with Gasteiger partial charge >= 0.3 is 5.69 Å². The normalized spacial score (nSPS) is 10.9. The van der Waals surface area contributed by atoms with Gasteiger partial charge in [0.1, 0.15) is 11.6 Å². The monoisotopic (exact) mass is 532 g/mol. The molecule has 13 heteroatoms. The standard InChI is InChI=1S/C22H11Cl3N4O6/c23-14-8-12(7-13(11-26)22(30)27-18-4-2-1-3-16(18)24)21(17(25)9-14)35-20-6-5-15(28(31)32)10-19(20)29(33)34/h1-10H,(H,27,30)/b13-7+. The summed E-state index contributed by atoms with van der Waals surface area (Å²) in [7, 11) is 0. The Morgan fingerprint density at radius 2 is 1.71 bits per heavy atom. The number of amides is 1. The summed E-state index contributed by atoms with van der Waals surface area (Å²) in [6.07, 6.45) is 1.12. The van der Waals surface area contributed by atoms with Gasteiger partial charge in [-0.1, -0.05) is 46.9 Å². The summed E-state index contributed by atoms with van der Waals surface area (Å²) in [5.41, 5.74) is -1.29. The minimum atomic E-state index is -0.862. The molecule has 0 spiro atoms. The summed E-state index contributed by atoms with van der Waals surface area (Å²) in [5.74, 6) is -1.34. The number of nitro benzene ring substituents is 2. The first-order valence-electron chi connectivity index (χ1n) is 9.38. The third-order valence-corrected chi connectivity index (χ3v) is 5.21. The highest BCUT2D eigenvalue weighted by molar-refractivity contribution is 6.36. The van der Waals surface area contributed by atoms with Crippen molar-refractivity contribution in [3.05, 3.63) is 101 Å². The number of ether oxygens (including phenoxy) is 1. The molecule has 0 atom stereocenters. The van der Waals surface area contributed by atoms with E-state index in [1.54, 1.807) is 24.3 Å². The first-order chi connectivity index (χ1) is 16.6. The molecule has 3 rings (SSSR count). The number of benzene rings is 3. The number of para-hydroxylation sites is 1. The Bertz CT molecular complexity index is 1440. The zero-order valence-electron chi connectivity index (χ0n) is 17.2. The van der Waals surface area contributed by atoms with Crippen LogP contribution in [-0.2, 0) is 4.79 Å². The number of nitro groups is 2. The van der Waals surface area contributed by atoms with Crippen molar-refractivity contribution in [2.75, 3.05) is 5.32 Å². The van der Waals surface area contributed by atoms with Crippen molar-refractivity contribution in [2.24, 2.45) is 0 Å². The van der Waals surface area contributed by atoms with Crippen LogP contribution in [0.2, 0.25) is 15.1 Å². The smallest absolute Gasteiger partial charge is 0.318 e. The number of nitriles is 1. The number of non-ortho nitro benzene ring substituents is 1. The van der Waals surface area contributed by atoms with Crippen LogP contribution in [-0.4, -0.2) is 15.8 Å². The molecular weight excluding hydrogens is 523 g/mol. The van der Waals surface area contributed by atoms with E-state index in [9.17, 15) is 30.3 Å². The van der Waals surface area contributed by atoms with E-state index in [1.165, 1.54) is 18.2 Å². The van der Waals surface area contributed by atoms with E-state index in [0.29, 0.717) is 0 Å². The minimum Gasteiger partial charge on any atom is -0.448 e. The number of rotatable bonds is 7. The number of halogens is 3. The van der Waals surface area contributed by atoms with Crippen molar-refractivity contribution in [3.63, 3.8) is 0 Å². The molecule has 0 unspecified atom stereocenters. The Hall–Kier alpha value is -4.17. The van der Waals surface area contributed by atoms with Crippen LogP contribution in [0.1, 0.15) is 5.56 Å². The minimum absolute atomic E-state index is 0.0426. The fraction of sp³-hybridized carbons (Fsp3) is 0. The maximum Gasteiger partial charge on any atom is 0.318 e. The Kier molecular flexibility index (Phi) is 7.88. The third kappa shape index (κ3) is 6.04. The molecule has 0 bridgehead atoms. The molecule has 1 amide bonds. The number of carbonyl (C=O) groups excluding carboxylic acids is 1. The molecule has 35 heavy (non-hydrogen) atoms. The lowest BCUT2D eigenvalue weighted by atomic mass is 10.1.